The fraction of sp³-hybridized carbons (Fsp3) is 0.111. The van der Waals surface area contributed by atoms with Gasteiger partial charge in [0.15, 0.2) is 11.3 Å². The number of rotatable bonds is 11. The van der Waals surface area contributed by atoms with E-state index in [0.29, 0.717) is 11.7 Å². The van der Waals surface area contributed by atoms with E-state index in [-0.39, 0.29) is 5.92 Å². The molecule has 2 aromatic heterocycles. The molecule has 1 aliphatic rings. The Kier molecular flexibility index (Phi) is 10.1. The quantitative estimate of drug-likeness (QED) is 0.122. The summed E-state index contributed by atoms with van der Waals surface area (Å²) in [6, 6.07) is 69.3. The molecule has 0 spiro atoms. The Morgan fingerprint density at radius 1 is 0.567 bits per heavy atom. The summed E-state index contributed by atoms with van der Waals surface area (Å²) in [5.41, 5.74) is 10.7. The minimum atomic E-state index is -0.859. The Bertz CT molecular complexity index is 2710. The predicted molar refractivity (Wildman–Crippen MR) is 240 cm³/mol. The Morgan fingerprint density at radius 3 is 1.75 bits per heavy atom. The number of aromatic nitrogens is 5. The van der Waals surface area contributed by atoms with Crippen molar-refractivity contribution in [3.05, 3.63) is 234 Å². The van der Waals surface area contributed by atoms with Crippen LogP contribution in [0.25, 0.3) is 50.7 Å². The van der Waals surface area contributed by atoms with Crippen LogP contribution in [0.15, 0.2) is 211 Å². The first-order valence-electron chi connectivity index (χ1n) is 20.7. The number of hydrogen-bond donors (Lipinski definition) is 0. The molecule has 2 heterocycles. The van der Waals surface area contributed by atoms with E-state index in [2.05, 4.69) is 158 Å². The van der Waals surface area contributed by atoms with Crippen LogP contribution in [0.5, 0.6) is 0 Å². The van der Waals surface area contributed by atoms with Crippen LogP contribution >= 0.6 is 0 Å². The molecule has 1 atom stereocenters. The fourth-order valence-electron chi connectivity index (χ4n) is 8.87. The summed E-state index contributed by atoms with van der Waals surface area (Å²) in [6.07, 6.45) is 6.42. The van der Waals surface area contributed by atoms with E-state index in [1.165, 1.54) is 11.1 Å². The minimum absolute atomic E-state index is 0.263. The van der Waals surface area contributed by atoms with Crippen molar-refractivity contribution in [3.8, 4) is 45.1 Å². The van der Waals surface area contributed by atoms with E-state index in [1.54, 1.807) is 4.80 Å². The molecule has 1 aliphatic carbocycles. The van der Waals surface area contributed by atoms with Crippen molar-refractivity contribution >= 4 is 5.57 Å². The highest BCUT2D eigenvalue weighted by Crippen LogP contribution is 2.42. The predicted octanol–water partition coefficient (Wildman–Crippen LogP) is 12.6. The second-order valence-electron chi connectivity index (χ2n) is 15.4. The zero-order valence-corrected chi connectivity index (χ0v) is 33.2. The number of nitrogens with zero attached hydrogens (tertiary/aromatic N) is 5. The first-order valence-corrected chi connectivity index (χ1v) is 20.7. The number of allylic oxidation sites excluding steroid dienone is 2. The third-order valence-corrected chi connectivity index (χ3v) is 11.7. The molecule has 0 saturated heterocycles. The van der Waals surface area contributed by atoms with Crippen LogP contribution < -0.4 is 0 Å². The summed E-state index contributed by atoms with van der Waals surface area (Å²) in [5, 5.41) is 14.9. The van der Waals surface area contributed by atoms with Gasteiger partial charge in [0, 0.05) is 22.3 Å². The summed E-state index contributed by atoms with van der Waals surface area (Å²) in [5.74, 6) is 2.34. The molecule has 0 fully saturated rings. The van der Waals surface area contributed by atoms with Crippen LogP contribution in [-0.2, 0) is 12.0 Å². The topological polar surface area (TPSA) is 69.6 Å². The van der Waals surface area contributed by atoms with Gasteiger partial charge in [-0.3, -0.25) is 0 Å². The molecule has 0 amide bonds. The highest BCUT2D eigenvalue weighted by Gasteiger charge is 2.41. The van der Waals surface area contributed by atoms with Gasteiger partial charge >= 0.3 is 0 Å². The van der Waals surface area contributed by atoms with Gasteiger partial charge in [0.1, 0.15) is 5.69 Å². The van der Waals surface area contributed by atoms with Crippen molar-refractivity contribution < 1.29 is 4.42 Å². The van der Waals surface area contributed by atoms with Gasteiger partial charge in [-0.2, -0.15) is 0 Å². The summed E-state index contributed by atoms with van der Waals surface area (Å²) in [6.45, 7) is 0. The Balaban J connectivity index is 0.999. The van der Waals surface area contributed by atoms with Crippen molar-refractivity contribution in [1.29, 1.82) is 0 Å². The zero-order chi connectivity index (χ0) is 40.1. The third-order valence-electron chi connectivity index (χ3n) is 11.7. The Morgan fingerprint density at radius 2 is 1.12 bits per heavy atom. The van der Waals surface area contributed by atoms with Crippen LogP contribution in [0.1, 0.15) is 47.4 Å². The van der Waals surface area contributed by atoms with E-state index < -0.39 is 5.54 Å². The molecule has 7 aromatic carbocycles. The summed E-state index contributed by atoms with van der Waals surface area (Å²) < 4.78 is 6.73. The lowest BCUT2D eigenvalue weighted by Crippen LogP contribution is -2.39. The van der Waals surface area contributed by atoms with Crippen molar-refractivity contribution in [2.45, 2.75) is 31.2 Å². The summed E-state index contributed by atoms with van der Waals surface area (Å²) >= 11 is 0. The zero-order valence-electron chi connectivity index (χ0n) is 33.2. The summed E-state index contributed by atoms with van der Waals surface area (Å²) in [4.78, 5) is 7.00. The highest BCUT2D eigenvalue weighted by atomic mass is 16.4. The van der Waals surface area contributed by atoms with Crippen LogP contribution in [-0.4, -0.2) is 25.2 Å². The van der Waals surface area contributed by atoms with Crippen LogP contribution in [0, 0.1) is 5.92 Å². The molecule has 1 unspecified atom stereocenters. The average Bonchev–Trinajstić information content (AvgIpc) is 4.01. The first-order chi connectivity index (χ1) is 29.8. The molecule has 0 bridgehead atoms. The normalized spacial score (nSPS) is 14.1. The second kappa shape index (κ2) is 16.4. The number of oxazole rings is 1. The van der Waals surface area contributed by atoms with E-state index in [1.807, 2.05) is 48.5 Å². The van der Waals surface area contributed by atoms with E-state index in [4.69, 9.17) is 24.8 Å². The molecular weight excluding hydrogens is 735 g/mol. The molecule has 0 N–H and O–H groups in total. The van der Waals surface area contributed by atoms with Crippen molar-refractivity contribution in [3.63, 3.8) is 0 Å². The first kappa shape index (κ1) is 36.9. The van der Waals surface area contributed by atoms with Gasteiger partial charge < -0.3 is 4.42 Å². The van der Waals surface area contributed by atoms with Crippen LogP contribution in [0.4, 0.5) is 0 Å². The Labute approximate surface area is 350 Å². The number of benzene rings is 7. The van der Waals surface area contributed by atoms with Crippen molar-refractivity contribution in [2.75, 3.05) is 0 Å². The monoisotopic (exact) mass is 777 g/mol. The highest BCUT2D eigenvalue weighted by molar-refractivity contribution is 5.81. The van der Waals surface area contributed by atoms with Crippen LogP contribution in [0.2, 0.25) is 0 Å². The van der Waals surface area contributed by atoms with Crippen molar-refractivity contribution in [1.82, 2.24) is 25.2 Å². The van der Waals surface area contributed by atoms with Gasteiger partial charge in [0.2, 0.25) is 11.7 Å². The largest absolute Gasteiger partial charge is 0.436 e. The van der Waals surface area contributed by atoms with Gasteiger partial charge in [0.05, 0.1) is 0 Å². The van der Waals surface area contributed by atoms with Gasteiger partial charge in [0.25, 0.3) is 0 Å². The van der Waals surface area contributed by atoms with E-state index in [0.717, 1.165) is 81.6 Å². The maximum atomic E-state index is 6.73. The van der Waals surface area contributed by atoms with Gasteiger partial charge in [-0.25, -0.2) is 4.98 Å². The number of hydrogen-bond acceptors (Lipinski definition) is 5. The standard InChI is InChI=1S/C54H43N5O/c1-6-22-40(23-7-1)50-51(41-24-8-2-9-25-41)60-53(55-50)48-35-17-16-26-43(48)38-39-21-20-27-42(37-39)47-34-18-19-36-49(47)52-56-58-59(57-52)54(44-28-10-3-11-29-44,45-30-12-4-13-31-45)46-32-14-5-15-33-46/h1-15,18-25,27-37,43H,16-17,26,38H2. The van der Waals surface area contributed by atoms with Gasteiger partial charge in [-0.1, -0.05) is 206 Å². The molecule has 0 saturated carbocycles. The molecule has 290 valence electrons. The average molecular weight is 778 g/mol. The van der Waals surface area contributed by atoms with Crippen LogP contribution in [0.3, 0.4) is 0 Å². The fourth-order valence-corrected chi connectivity index (χ4v) is 8.87. The smallest absolute Gasteiger partial charge is 0.223 e. The lowest BCUT2D eigenvalue weighted by molar-refractivity contribution is 0.396. The maximum Gasteiger partial charge on any atom is 0.223 e. The SMILES string of the molecule is C1=C(c2nc(-c3ccccc3)c(-c3ccccc3)o2)C(Cc2cccc(-c3ccccc3-c3nnn(C(c4ccccc4)(c4ccccc4)c4ccccc4)n3)c2)CCC1. The number of tetrazole rings is 1. The maximum absolute atomic E-state index is 6.73. The van der Waals surface area contributed by atoms with Crippen molar-refractivity contribution in [2.24, 2.45) is 5.92 Å². The van der Waals surface area contributed by atoms with Gasteiger partial charge in [-0.15, -0.1) is 15.0 Å². The molecule has 10 rings (SSSR count). The molecule has 9 aromatic rings. The second-order valence-corrected chi connectivity index (χ2v) is 15.4. The molecule has 0 aliphatic heterocycles. The molecule has 0 radical (unpaired) electrons. The molecule has 6 nitrogen and oxygen atoms in total. The lowest BCUT2D eigenvalue weighted by Gasteiger charge is -2.34. The van der Waals surface area contributed by atoms with Gasteiger partial charge in [-0.05, 0) is 70.2 Å². The Hall–Kier alpha value is -7.44. The minimum Gasteiger partial charge on any atom is -0.436 e. The third kappa shape index (κ3) is 6.96. The summed E-state index contributed by atoms with van der Waals surface area (Å²) in [7, 11) is 0. The molecule has 60 heavy (non-hydrogen) atoms. The van der Waals surface area contributed by atoms with E-state index >= 15 is 0 Å². The molecular formula is C54H43N5O. The lowest BCUT2D eigenvalue weighted by atomic mass is 9.77. The molecule has 6 heteroatoms. The van der Waals surface area contributed by atoms with E-state index in [9.17, 15) is 0 Å².